The minimum atomic E-state index is -3.35. The van der Waals surface area contributed by atoms with Crippen molar-refractivity contribution in [2.24, 2.45) is 11.8 Å². The van der Waals surface area contributed by atoms with E-state index in [-0.39, 0.29) is 5.03 Å². The fourth-order valence-corrected chi connectivity index (χ4v) is 4.72. The molecular formula is C12H19N3O2S. The molecule has 2 aliphatic rings. The molecule has 1 saturated carbocycles. The molecule has 2 heterocycles. The van der Waals surface area contributed by atoms with Crippen molar-refractivity contribution >= 4 is 10.0 Å². The van der Waals surface area contributed by atoms with Gasteiger partial charge in [0.25, 0.3) is 10.0 Å². The van der Waals surface area contributed by atoms with Gasteiger partial charge in [-0.25, -0.2) is 8.42 Å². The average molecular weight is 269 g/mol. The minimum Gasteiger partial charge on any atom is -0.266 e. The summed E-state index contributed by atoms with van der Waals surface area (Å²) in [7, 11) is -3.35. The molecule has 1 aromatic heterocycles. The van der Waals surface area contributed by atoms with E-state index in [1.54, 1.807) is 4.31 Å². The fraction of sp³-hybridized carbons (Fsp3) is 0.750. The van der Waals surface area contributed by atoms with Gasteiger partial charge in [0, 0.05) is 13.1 Å². The van der Waals surface area contributed by atoms with E-state index >= 15 is 0 Å². The van der Waals surface area contributed by atoms with Crippen LogP contribution in [0.5, 0.6) is 0 Å². The van der Waals surface area contributed by atoms with E-state index in [2.05, 4.69) is 10.2 Å². The third kappa shape index (κ3) is 2.07. The first-order valence-electron chi connectivity index (χ1n) is 6.67. The lowest BCUT2D eigenvalue weighted by Crippen LogP contribution is -2.44. The second-order valence-corrected chi connectivity index (χ2v) is 7.28. The zero-order valence-corrected chi connectivity index (χ0v) is 11.2. The molecule has 0 bridgehead atoms. The molecule has 0 spiro atoms. The molecule has 0 aromatic carbocycles. The van der Waals surface area contributed by atoms with E-state index in [0.29, 0.717) is 19.0 Å². The van der Waals surface area contributed by atoms with Crippen LogP contribution in [0.15, 0.2) is 17.3 Å². The molecule has 0 radical (unpaired) electrons. The maximum atomic E-state index is 12.4. The van der Waals surface area contributed by atoms with Gasteiger partial charge in [0.2, 0.25) is 0 Å². The molecule has 1 aliphatic carbocycles. The Morgan fingerprint density at radius 1 is 1.22 bits per heavy atom. The Hall–Kier alpha value is -0.880. The van der Waals surface area contributed by atoms with E-state index in [9.17, 15) is 8.42 Å². The summed E-state index contributed by atoms with van der Waals surface area (Å²) in [4.78, 5) is 0. The van der Waals surface area contributed by atoms with Crippen LogP contribution in [0.4, 0.5) is 0 Å². The molecule has 1 saturated heterocycles. The maximum absolute atomic E-state index is 12.4. The highest BCUT2D eigenvalue weighted by atomic mass is 32.2. The lowest BCUT2D eigenvalue weighted by atomic mass is 9.76. The Balaban J connectivity index is 1.78. The highest BCUT2D eigenvalue weighted by molar-refractivity contribution is 7.89. The summed E-state index contributed by atoms with van der Waals surface area (Å²) < 4.78 is 26.4. The molecule has 1 aliphatic heterocycles. The number of rotatable bonds is 2. The summed E-state index contributed by atoms with van der Waals surface area (Å²) >= 11 is 0. The first kappa shape index (κ1) is 12.2. The van der Waals surface area contributed by atoms with Gasteiger partial charge in [0.1, 0.15) is 0 Å². The summed E-state index contributed by atoms with van der Waals surface area (Å²) in [5.41, 5.74) is 0. The lowest BCUT2D eigenvalue weighted by molar-refractivity contribution is 0.136. The van der Waals surface area contributed by atoms with Crippen molar-refractivity contribution in [1.29, 1.82) is 0 Å². The Kier molecular flexibility index (Phi) is 3.15. The van der Waals surface area contributed by atoms with E-state index in [1.165, 1.54) is 37.9 Å². The SMILES string of the molecule is O=S(=O)(c1ccn[nH]1)N1CCC2CCCCC2C1. The Morgan fingerprint density at radius 2 is 2.00 bits per heavy atom. The number of aromatic amines is 1. The molecule has 2 fully saturated rings. The summed E-state index contributed by atoms with van der Waals surface area (Å²) in [6, 6.07) is 1.53. The molecule has 6 heteroatoms. The van der Waals surface area contributed by atoms with Gasteiger partial charge in [-0.1, -0.05) is 19.3 Å². The number of sulfonamides is 1. The molecule has 5 nitrogen and oxygen atoms in total. The van der Waals surface area contributed by atoms with Crippen LogP contribution in [-0.2, 0) is 10.0 Å². The van der Waals surface area contributed by atoms with Crippen molar-refractivity contribution in [2.75, 3.05) is 13.1 Å². The second kappa shape index (κ2) is 4.66. The van der Waals surface area contributed by atoms with Crippen molar-refractivity contribution in [3.63, 3.8) is 0 Å². The lowest BCUT2D eigenvalue weighted by Gasteiger charge is -2.40. The van der Waals surface area contributed by atoms with E-state index in [0.717, 1.165) is 12.3 Å². The summed E-state index contributed by atoms with van der Waals surface area (Å²) in [5.74, 6) is 1.30. The van der Waals surface area contributed by atoms with Crippen molar-refractivity contribution in [3.05, 3.63) is 12.3 Å². The Labute approximate surface area is 108 Å². The number of fused-ring (bicyclic) bond motifs is 1. The highest BCUT2D eigenvalue weighted by Crippen LogP contribution is 2.37. The smallest absolute Gasteiger partial charge is 0.259 e. The Bertz CT molecular complexity index is 497. The minimum absolute atomic E-state index is 0.219. The number of piperidine rings is 1. The molecule has 100 valence electrons. The predicted octanol–water partition coefficient (Wildman–Crippen LogP) is 1.61. The summed E-state index contributed by atoms with van der Waals surface area (Å²) in [6.45, 7) is 1.34. The number of H-pyrrole nitrogens is 1. The van der Waals surface area contributed by atoms with Gasteiger partial charge in [-0.3, -0.25) is 5.10 Å². The summed E-state index contributed by atoms with van der Waals surface area (Å²) in [5, 5.41) is 6.52. The van der Waals surface area contributed by atoms with Gasteiger partial charge in [0.05, 0.1) is 6.20 Å². The van der Waals surface area contributed by atoms with Crippen molar-refractivity contribution in [2.45, 2.75) is 37.1 Å². The van der Waals surface area contributed by atoms with E-state index in [4.69, 9.17) is 0 Å². The normalized spacial score (nSPS) is 30.0. The molecule has 2 unspecified atom stereocenters. The van der Waals surface area contributed by atoms with Crippen LogP contribution in [0.25, 0.3) is 0 Å². The van der Waals surface area contributed by atoms with E-state index in [1.807, 2.05) is 0 Å². The van der Waals surface area contributed by atoms with Crippen LogP contribution in [0.2, 0.25) is 0 Å². The molecular weight excluding hydrogens is 250 g/mol. The second-order valence-electron chi connectivity index (χ2n) is 5.38. The number of aromatic nitrogens is 2. The van der Waals surface area contributed by atoms with Gasteiger partial charge >= 0.3 is 0 Å². The highest BCUT2D eigenvalue weighted by Gasteiger charge is 2.36. The first-order valence-corrected chi connectivity index (χ1v) is 8.11. The number of nitrogens with zero attached hydrogens (tertiary/aromatic N) is 2. The molecule has 2 atom stereocenters. The Morgan fingerprint density at radius 3 is 2.72 bits per heavy atom. The third-order valence-corrected chi connectivity index (χ3v) is 6.14. The molecule has 0 amide bonds. The zero-order chi connectivity index (χ0) is 12.6. The molecule has 1 aromatic rings. The van der Waals surface area contributed by atoms with Crippen LogP contribution in [0, 0.1) is 11.8 Å². The standard InChI is InChI=1S/C12H19N3O2S/c16-18(17,12-5-7-13-14-12)15-8-6-10-3-1-2-4-11(10)9-15/h5,7,10-11H,1-4,6,8-9H2,(H,13,14). The van der Waals surface area contributed by atoms with Crippen molar-refractivity contribution in [3.8, 4) is 0 Å². The first-order chi connectivity index (χ1) is 8.68. The van der Waals surface area contributed by atoms with Crippen LogP contribution < -0.4 is 0 Å². The topological polar surface area (TPSA) is 66.1 Å². The largest absolute Gasteiger partial charge is 0.266 e. The van der Waals surface area contributed by atoms with Crippen LogP contribution in [-0.4, -0.2) is 36.0 Å². The van der Waals surface area contributed by atoms with Crippen molar-refractivity contribution in [1.82, 2.24) is 14.5 Å². The van der Waals surface area contributed by atoms with Crippen LogP contribution in [0.1, 0.15) is 32.1 Å². The van der Waals surface area contributed by atoms with Gasteiger partial charge in [0.15, 0.2) is 5.03 Å². The maximum Gasteiger partial charge on any atom is 0.259 e. The van der Waals surface area contributed by atoms with Crippen molar-refractivity contribution < 1.29 is 8.42 Å². The molecule has 18 heavy (non-hydrogen) atoms. The average Bonchev–Trinajstić information content (AvgIpc) is 2.92. The number of hydrogen-bond donors (Lipinski definition) is 1. The molecule has 1 N–H and O–H groups in total. The third-order valence-electron chi connectivity index (χ3n) is 4.35. The predicted molar refractivity (Wildman–Crippen MR) is 67.4 cm³/mol. The quantitative estimate of drug-likeness (QED) is 0.887. The van der Waals surface area contributed by atoms with E-state index < -0.39 is 10.0 Å². The summed E-state index contributed by atoms with van der Waals surface area (Å²) in [6.07, 6.45) is 7.52. The van der Waals surface area contributed by atoms with Gasteiger partial charge < -0.3 is 0 Å². The van der Waals surface area contributed by atoms with Gasteiger partial charge in [-0.2, -0.15) is 9.40 Å². The number of hydrogen-bond acceptors (Lipinski definition) is 3. The van der Waals surface area contributed by atoms with Gasteiger partial charge in [-0.05, 0) is 30.7 Å². The number of nitrogens with one attached hydrogen (secondary N) is 1. The fourth-order valence-electron chi connectivity index (χ4n) is 3.31. The van der Waals surface area contributed by atoms with Gasteiger partial charge in [-0.15, -0.1) is 0 Å². The molecule has 3 rings (SSSR count). The zero-order valence-electron chi connectivity index (χ0n) is 10.4. The monoisotopic (exact) mass is 269 g/mol. The van der Waals surface area contributed by atoms with Crippen LogP contribution >= 0.6 is 0 Å². The van der Waals surface area contributed by atoms with Crippen LogP contribution in [0.3, 0.4) is 0 Å².